The first-order chi connectivity index (χ1) is 11.1. The highest BCUT2D eigenvalue weighted by molar-refractivity contribution is 5.90. The molecule has 3 N–H and O–H groups in total. The zero-order valence-corrected chi connectivity index (χ0v) is 14.0. The molecule has 1 saturated heterocycles. The normalized spacial score (nSPS) is 15.9. The standard InChI is InChI=1S/C17H26N4O2/c1-13(22)20-15-11-14(7-8-16(15)23-2)12-19-17(18)21-9-5-3-4-6-10-21/h7-8,11H,3-6,9-10,12H2,1-2H3,(H2,18,19)(H,20,22). The van der Waals surface area contributed by atoms with Gasteiger partial charge in [-0.2, -0.15) is 0 Å². The maximum absolute atomic E-state index is 11.3. The van der Waals surface area contributed by atoms with Crippen molar-refractivity contribution in [3.05, 3.63) is 23.8 Å². The van der Waals surface area contributed by atoms with Gasteiger partial charge in [0, 0.05) is 20.0 Å². The number of likely N-dealkylation sites (tertiary alicyclic amines) is 1. The molecule has 1 aromatic carbocycles. The van der Waals surface area contributed by atoms with Gasteiger partial charge in [-0.15, -0.1) is 0 Å². The number of rotatable bonds is 4. The van der Waals surface area contributed by atoms with Crippen LogP contribution in [0.1, 0.15) is 38.2 Å². The molecule has 6 nitrogen and oxygen atoms in total. The van der Waals surface area contributed by atoms with Crippen molar-refractivity contribution in [1.29, 1.82) is 0 Å². The monoisotopic (exact) mass is 318 g/mol. The van der Waals surface area contributed by atoms with Gasteiger partial charge in [0.25, 0.3) is 0 Å². The number of hydrogen-bond donors (Lipinski definition) is 2. The van der Waals surface area contributed by atoms with Crippen LogP contribution in [0.5, 0.6) is 5.75 Å². The molecule has 0 saturated carbocycles. The van der Waals surface area contributed by atoms with Gasteiger partial charge in [0.2, 0.25) is 5.91 Å². The molecule has 126 valence electrons. The zero-order chi connectivity index (χ0) is 16.7. The number of ether oxygens (including phenoxy) is 1. The first kappa shape index (κ1) is 17.1. The Morgan fingerprint density at radius 3 is 2.61 bits per heavy atom. The summed E-state index contributed by atoms with van der Waals surface area (Å²) in [6, 6.07) is 5.64. The highest BCUT2D eigenvalue weighted by Gasteiger charge is 2.11. The quantitative estimate of drug-likeness (QED) is 0.659. The lowest BCUT2D eigenvalue weighted by atomic mass is 10.2. The molecule has 0 aliphatic carbocycles. The summed E-state index contributed by atoms with van der Waals surface area (Å²) in [6.07, 6.45) is 4.88. The molecule has 1 amide bonds. The lowest BCUT2D eigenvalue weighted by Crippen LogP contribution is -2.38. The number of nitrogens with two attached hydrogens (primary N) is 1. The smallest absolute Gasteiger partial charge is 0.221 e. The molecule has 0 bridgehead atoms. The minimum Gasteiger partial charge on any atom is -0.495 e. The predicted molar refractivity (Wildman–Crippen MR) is 92.7 cm³/mol. The Balaban J connectivity index is 2.06. The van der Waals surface area contributed by atoms with Crippen LogP contribution < -0.4 is 15.8 Å². The van der Waals surface area contributed by atoms with Gasteiger partial charge in [0.05, 0.1) is 19.3 Å². The predicted octanol–water partition coefficient (Wildman–Crippen LogP) is 2.34. The van der Waals surface area contributed by atoms with Crippen LogP contribution >= 0.6 is 0 Å². The van der Waals surface area contributed by atoms with Crippen LogP contribution in [0.2, 0.25) is 0 Å². The molecule has 1 aliphatic rings. The van der Waals surface area contributed by atoms with Crippen LogP contribution in [0.25, 0.3) is 0 Å². The van der Waals surface area contributed by atoms with Gasteiger partial charge in [-0.25, -0.2) is 4.99 Å². The summed E-state index contributed by atoms with van der Waals surface area (Å²) < 4.78 is 5.25. The van der Waals surface area contributed by atoms with Crippen molar-refractivity contribution in [2.75, 3.05) is 25.5 Å². The van der Waals surface area contributed by atoms with Crippen LogP contribution in [0.4, 0.5) is 5.69 Å². The summed E-state index contributed by atoms with van der Waals surface area (Å²) >= 11 is 0. The molecule has 0 radical (unpaired) electrons. The number of guanidine groups is 1. The fourth-order valence-electron chi connectivity index (χ4n) is 2.71. The molecular formula is C17H26N4O2. The third-order valence-corrected chi connectivity index (χ3v) is 3.93. The van der Waals surface area contributed by atoms with E-state index in [2.05, 4.69) is 15.2 Å². The second kappa shape index (κ2) is 8.41. The second-order valence-corrected chi connectivity index (χ2v) is 5.79. The lowest BCUT2D eigenvalue weighted by molar-refractivity contribution is -0.114. The Bertz CT molecular complexity index is 564. The fourth-order valence-corrected chi connectivity index (χ4v) is 2.71. The first-order valence-electron chi connectivity index (χ1n) is 8.09. The number of nitrogens with one attached hydrogen (secondary N) is 1. The van der Waals surface area contributed by atoms with Gasteiger partial charge in [-0.1, -0.05) is 18.9 Å². The van der Waals surface area contributed by atoms with Crippen molar-refractivity contribution >= 4 is 17.6 Å². The lowest BCUT2D eigenvalue weighted by Gasteiger charge is -2.21. The van der Waals surface area contributed by atoms with Crippen molar-refractivity contribution in [1.82, 2.24) is 4.90 Å². The first-order valence-corrected chi connectivity index (χ1v) is 8.09. The van der Waals surface area contributed by atoms with E-state index in [1.807, 2.05) is 18.2 Å². The number of amides is 1. The van der Waals surface area contributed by atoms with Gasteiger partial charge in [0.15, 0.2) is 5.96 Å². The Labute approximate surface area is 137 Å². The number of nitrogens with zero attached hydrogens (tertiary/aromatic N) is 2. The minimum atomic E-state index is -0.131. The highest BCUT2D eigenvalue weighted by Crippen LogP contribution is 2.25. The van der Waals surface area contributed by atoms with Crippen molar-refractivity contribution < 1.29 is 9.53 Å². The van der Waals surface area contributed by atoms with Crippen molar-refractivity contribution in [2.45, 2.75) is 39.2 Å². The Morgan fingerprint density at radius 1 is 1.30 bits per heavy atom. The average Bonchev–Trinajstić information content (AvgIpc) is 2.81. The summed E-state index contributed by atoms with van der Waals surface area (Å²) in [4.78, 5) is 17.9. The number of methoxy groups -OCH3 is 1. The number of aliphatic imine (C=N–C) groups is 1. The fraction of sp³-hybridized carbons (Fsp3) is 0.529. The summed E-state index contributed by atoms with van der Waals surface area (Å²) in [7, 11) is 1.58. The molecule has 1 aromatic rings. The van der Waals surface area contributed by atoms with E-state index in [4.69, 9.17) is 10.5 Å². The number of carbonyl (C=O) groups is 1. The largest absolute Gasteiger partial charge is 0.495 e. The van der Waals surface area contributed by atoms with E-state index in [-0.39, 0.29) is 5.91 Å². The minimum absolute atomic E-state index is 0.131. The van der Waals surface area contributed by atoms with E-state index < -0.39 is 0 Å². The molecule has 0 atom stereocenters. The average molecular weight is 318 g/mol. The topological polar surface area (TPSA) is 80.0 Å². The zero-order valence-electron chi connectivity index (χ0n) is 14.0. The molecule has 1 aliphatic heterocycles. The van der Waals surface area contributed by atoms with E-state index in [1.165, 1.54) is 32.6 Å². The van der Waals surface area contributed by atoms with Crippen molar-refractivity contribution in [3.8, 4) is 5.75 Å². The Kier molecular flexibility index (Phi) is 6.26. The van der Waals surface area contributed by atoms with E-state index in [0.29, 0.717) is 23.9 Å². The Morgan fingerprint density at radius 2 is 2.00 bits per heavy atom. The molecule has 1 fully saturated rings. The third-order valence-electron chi connectivity index (χ3n) is 3.93. The summed E-state index contributed by atoms with van der Waals surface area (Å²) in [5.41, 5.74) is 7.75. The summed E-state index contributed by atoms with van der Waals surface area (Å²) in [5, 5.41) is 2.77. The molecule has 0 unspecified atom stereocenters. The molecule has 1 heterocycles. The number of hydrogen-bond acceptors (Lipinski definition) is 3. The maximum Gasteiger partial charge on any atom is 0.221 e. The van der Waals surface area contributed by atoms with E-state index >= 15 is 0 Å². The van der Waals surface area contributed by atoms with E-state index in [9.17, 15) is 4.79 Å². The number of anilines is 1. The third kappa shape index (κ3) is 5.16. The molecule has 6 heteroatoms. The van der Waals surface area contributed by atoms with Crippen molar-refractivity contribution in [3.63, 3.8) is 0 Å². The molecular weight excluding hydrogens is 292 g/mol. The second-order valence-electron chi connectivity index (χ2n) is 5.79. The molecule has 2 rings (SSSR count). The van der Waals surface area contributed by atoms with Gasteiger partial charge in [0.1, 0.15) is 5.75 Å². The van der Waals surface area contributed by atoms with Crippen LogP contribution in [0.3, 0.4) is 0 Å². The Hall–Kier alpha value is -2.24. The number of benzene rings is 1. The highest BCUT2D eigenvalue weighted by atomic mass is 16.5. The van der Waals surface area contributed by atoms with Crippen molar-refractivity contribution in [2.24, 2.45) is 10.7 Å². The maximum atomic E-state index is 11.3. The molecule has 0 aromatic heterocycles. The van der Waals surface area contributed by atoms with Gasteiger partial charge in [-0.3, -0.25) is 4.79 Å². The van der Waals surface area contributed by atoms with Gasteiger partial charge in [-0.05, 0) is 30.5 Å². The number of carbonyl (C=O) groups excluding carboxylic acids is 1. The van der Waals surface area contributed by atoms with Crippen LogP contribution in [0.15, 0.2) is 23.2 Å². The van der Waals surface area contributed by atoms with Gasteiger partial charge >= 0.3 is 0 Å². The summed E-state index contributed by atoms with van der Waals surface area (Å²) in [6.45, 7) is 3.92. The SMILES string of the molecule is COc1ccc(CN=C(N)N2CCCCCC2)cc1NC(C)=O. The molecule has 0 spiro atoms. The van der Waals surface area contributed by atoms with Gasteiger partial charge < -0.3 is 20.7 Å². The van der Waals surface area contributed by atoms with E-state index in [1.54, 1.807) is 7.11 Å². The molecule has 23 heavy (non-hydrogen) atoms. The van der Waals surface area contributed by atoms with Crippen LogP contribution in [0, 0.1) is 0 Å². The van der Waals surface area contributed by atoms with Crippen LogP contribution in [-0.2, 0) is 11.3 Å². The van der Waals surface area contributed by atoms with Crippen LogP contribution in [-0.4, -0.2) is 37.0 Å². The summed E-state index contributed by atoms with van der Waals surface area (Å²) in [5.74, 6) is 1.10. The van der Waals surface area contributed by atoms with E-state index in [0.717, 1.165) is 18.7 Å².